The molecular weight excluding hydrogens is 457 g/mol. The summed E-state index contributed by atoms with van der Waals surface area (Å²) in [5.74, 6) is -0.218. The van der Waals surface area contributed by atoms with Crippen molar-refractivity contribution < 1.29 is 18.3 Å². The van der Waals surface area contributed by atoms with E-state index in [2.05, 4.69) is 13.8 Å². The van der Waals surface area contributed by atoms with Crippen molar-refractivity contribution in [2.45, 2.75) is 45.6 Å². The van der Waals surface area contributed by atoms with Crippen LogP contribution in [-0.4, -0.2) is 12.5 Å². The van der Waals surface area contributed by atoms with Crippen molar-refractivity contribution in [1.82, 2.24) is 0 Å². The molecule has 0 aliphatic carbocycles. The average Bonchev–Trinajstić information content (AvgIpc) is 3.20. The third kappa shape index (κ3) is 4.28. The van der Waals surface area contributed by atoms with E-state index in [-0.39, 0.29) is 22.3 Å². The van der Waals surface area contributed by atoms with Crippen molar-refractivity contribution in [3.63, 3.8) is 0 Å². The van der Waals surface area contributed by atoms with Gasteiger partial charge in [0, 0.05) is 5.69 Å². The highest BCUT2D eigenvalue weighted by Crippen LogP contribution is 2.41. The highest BCUT2D eigenvalue weighted by atomic mass is 19.1. The molecular formula is C30H28FNO4. The Morgan fingerprint density at radius 1 is 0.944 bits per heavy atom. The summed E-state index contributed by atoms with van der Waals surface area (Å²) in [5, 5.41) is 0.116. The molecule has 1 aliphatic rings. The fourth-order valence-corrected chi connectivity index (χ4v) is 4.71. The van der Waals surface area contributed by atoms with E-state index in [4.69, 9.17) is 9.15 Å². The summed E-state index contributed by atoms with van der Waals surface area (Å²) < 4.78 is 25.8. The molecule has 0 spiro atoms. The van der Waals surface area contributed by atoms with Crippen molar-refractivity contribution in [3.8, 4) is 5.75 Å². The molecule has 6 heteroatoms. The number of anilines is 1. The highest BCUT2D eigenvalue weighted by molar-refractivity contribution is 6.10. The first-order valence-corrected chi connectivity index (χ1v) is 12.4. The summed E-state index contributed by atoms with van der Waals surface area (Å²) in [4.78, 5) is 28.9. The summed E-state index contributed by atoms with van der Waals surface area (Å²) >= 11 is 0. The van der Waals surface area contributed by atoms with Gasteiger partial charge in [-0.15, -0.1) is 0 Å². The van der Waals surface area contributed by atoms with E-state index in [1.165, 1.54) is 12.1 Å². The smallest absolute Gasteiger partial charge is 0.295 e. The van der Waals surface area contributed by atoms with E-state index in [1.807, 2.05) is 48.5 Å². The highest BCUT2D eigenvalue weighted by Gasteiger charge is 2.43. The van der Waals surface area contributed by atoms with Crippen LogP contribution >= 0.6 is 0 Å². The van der Waals surface area contributed by atoms with Gasteiger partial charge in [-0.1, -0.05) is 51.0 Å². The largest absolute Gasteiger partial charge is 0.494 e. The third-order valence-electron chi connectivity index (χ3n) is 6.67. The quantitative estimate of drug-likeness (QED) is 0.257. The molecule has 3 aromatic carbocycles. The molecule has 2 heterocycles. The second kappa shape index (κ2) is 9.97. The van der Waals surface area contributed by atoms with Crippen LogP contribution in [0.1, 0.15) is 66.4 Å². The van der Waals surface area contributed by atoms with Gasteiger partial charge in [0.2, 0.25) is 5.76 Å². The first kappa shape index (κ1) is 23.8. The number of benzene rings is 3. The summed E-state index contributed by atoms with van der Waals surface area (Å²) in [6.45, 7) is 4.84. The molecule has 36 heavy (non-hydrogen) atoms. The normalized spacial score (nSPS) is 14.9. The first-order valence-electron chi connectivity index (χ1n) is 12.4. The van der Waals surface area contributed by atoms with Gasteiger partial charge < -0.3 is 9.15 Å². The van der Waals surface area contributed by atoms with Crippen LogP contribution in [0.25, 0.3) is 11.0 Å². The zero-order chi connectivity index (χ0) is 25.2. The molecule has 1 aliphatic heterocycles. The van der Waals surface area contributed by atoms with Gasteiger partial charge in [-0.2, -0.15) is 0 Å². The number of rotatable bonds is 8. The molecule has 1 amide bonds. The molecule has 0 fully saturated rings. The van der Waals surface area contributed by atoms with Crippen LogP contribution < -0.4 is 15.1 Å². The lowest BCUT2D eigenvalue weighted by Crippen LogP contribution is -2.29. The monoisotopic (exact) mass is 485 g/mol. The second-order valence-corrected chi connectivity index (χ2v) is 9.04. The van der Waals surface area contributed by atoms with Gasteiger partial charge >= 0.3 is 0 Å². The van der Waals surface area contributed by atoms with Gasteiger partial charge in [-0.05, 0) is 66.4 Å². The number of unbranched alkanes of at least 4 members (excludes halogenated alkanes) is 2. The zero-order valence-electron chi connectivity index (χ0n) is 20.4. The molecule has 4 aromatic rings. The number of halogens is 1. The van der Waals surface area contributed by atoms with Gasteiger partial charge in [0.15, 0.2) is 5.43 Å². The molecule has 0 radical (unpaired) electrons. The van der Waals surface area contributed by atoms with E-state index in [1.54, 1.807) is 4.90 Å². The lowest BCUT2D eigenvalue weighted by molar-refractivity contribution is 0.0971. The van der Waals surface area contributed by atoms with Gasteiger partial charge in [0.25, 0.3) is 5.91 Å². The average molecular weight is 486 g/mol. The Hall–Kier alpha value is -3.93. The first-order chi connectivity index (χ1) is 17.5. The molecule has 0 saturated heterocycles. The van der Waals surface area contributed by atoms with E-state index >= 15 is 0 Å². The Labute approximate surface area is 209 Å². The minimum absolute atomic E-state index is 0.0106. The number of aryl methyl sites for hydroxylation is 1. The van der Waals surface area contributed by atoms with Crippen LogP contribution in [0.5, 0.6) is 5.75 Å². The van der Waals surface area contributed by atoms with Crippen LogP contribution in [0.15, 0.2) is 75.9 Å². The summed E-state index contributed by atoms with van der Waals surface area (Å²) in [6.07, 6.45) is 4.08. The Balaban J connectivity index is 1.61. The molecule has 0 N–H and O–H groups in total. The van der Waals surface area contributed by atoms with E-state index in [0.29, 0.717) is 12.3 Å². The van der Waals surface area contributed by atoms with Gasteiger partial charge in [-0.3, -0.25) is 14.5 Å². The van der Waals surface area contributed by atoms with Gasteiger partial charge in [0.1, 0.15) is 17.1 Å². The van der Waals surface area contributed by atoms with Crippen molar-refractivity contribution in [1.29, 1.82) is 0 Å². The standard InChI is InChI=1S/C30H28FNO4/c1-3-5-6-17-35-23-14-9-20(10-15-23)27-26-28(33)24-18-21(31)11-16-25(24)36-29(26)30(34)32(27)22-12-7-19(4-2)8-13-22/h7-16,18,27H,3-6,17H2,1-2H3. The van der Waals surface area contributed by atoms with Crippen molar-refractivity contribution in [3.05, 3.63) is 105 Å². The van der Waals surface area contributed by atoms with Crippen LogP contribution in [0.4, 0.5) is 10.1 Å². The number of carbonyl (C=O) groups is 1. The van der Waals surface area contributed by atoms with Gasteiger partial charge in [-0.25, -0.2) is 4.39 Å². The lowest BCUT2D eigenvalue weighted by Gasteiger charge is -2.25. The molecule has 1 unspecified atom stereocenters. The minimum Gasteiger partial charge on any atom is -0.494 e. The number of fused-ring (bicyclic) bond motifs is 2. The summed E-state index contributed by atoms with van der Waals surface area (Å²) in [6, 6.07) is 18.2. The number of hydrogen-bond donors (Lipinski definition) is 0. The van der Waals surface area contributed by atoms with Crippen LogP contribution in [0, 0.1) is 5.82 Å². The Morgan fingerprint density at radius 3 is 2.39 bits per heavy atom. The molecule has 0 bridgehead atoms. The van der Waals surface area contributed by atoms with Crippen molar-refractivity contribution in [2.75, 3.05) is 11.5 Å². The minimum atomic E-state index is -0.710. The van der Waals surface area contributed by atoms with Crippen LogP contribution in [-0.2, 0) is 6.42 Å². The fourth-order valence-electron chi connectivity index (χ4n) is 4.71. The lowest BCUT2D eigenvalue weighted by atomic mass is 9.98. The number of ether oxygens (including phenoxy) is 1. The molecule has 1 atom stereocenters. The summed E-state index contributed by atoms with van der Waals surface area (Å²) in [7, 11) is 0. The second-order valence-electron chi connectivity index (χ2n) is 9.04. The molecule has 1 aromatic heterocycles. The van der Waals surface area contributed by atoms with Crippen molar-refractivity contribution in [2.24, 2.45) is 0 Å². The Kier molecular flexibility index (Phi) is 6.59. The Bertz CT molecular complexity index is 1460. The number of nitrogens with zero attached hydrogens (tertiary/aromatic N) is 1. The number of carbonyl (C=O) groups excluding carboxylic acids is 1. The predicted octanol–water partition coefficient (Wildman–Crippen LogP) is 6.81. The Morgan fingerprint density at radius 2 is 1.69 bits per heavy atom. The predicted molar refractivity (Wildman–Crippen MR) is 138 cm³/mol. The number of amides is 1. The third-order valence-corrected chi connectivity index (χ3v) is 6.67. The van der Waals surface area contributed by atoms with Crippen LogP contribution in [0.2, 0.25) is 0 Å². The fraction of sp³-hybridized carbons (Fsp3) is 0.267. The number of hydrogen-bond acceptors (Lipinski definition) is 4. The molecule has 5 nitrogen and oxygen atoms in total. The molecule has 184 valence electrons. The molecule has 0 saturated carbocycles. The van der Waals surface area contributed by atoms with E-state index < -0.39 is 23.2 Å². The maximum atomic E-state index is 14.0. The zero-order valence-corrected chi connectivity index (χ0v) is 20.4. The van der Waals surface area contributed by atoms with E-state index in [9.17, 15) is 14.0 Å². The van der Waals surface area contributed by atoms with Gasteiger partial charge in [0.05, 0.1) is 23.6 Å². The molecule has 5 rings (SSSR count). The van der Waals surface area contributed by atoms with E-state index in [0.717, 1.165) is 48.6 Å². The maximum absolute atomic E-state index is 14.0. The topological polar surface area (TPSA) is 59.8 Å². The summed E-state index contributed by atoms with van der Waals surface area (Å²) in [5.41, 5.74) is 2.53. The SMILES string of the molecule is CCCCCOc1ccc(C2c3c(oc4ccc(F)cc4c3=O)C(=O)N2c2ccc(CC)cc2)cc1. The van der Waals surface area contributed by atoms with Crippen molar-refractivity contribution >= 4 is 22.6 Å². The maximum Gasteiger partial charge on any atom is 0.295 e. The van der Waals surface area contributed by atoms with Crippen LogP contribution in [0.3, 0.4) is 0 Å².